The van der Waals surface area contributed by atoms with Crippen molar-refractivity contribution in [2.24, 2.45) is 17.6 Å². The number of hydrogen-bond acceptors (Lipinski definition) is 2. The van der Waals surface area contributed by atoms with Gasteiger partial charge in [-0.2, -0.15) is 5.10 Å². The van der Waals surface area contributed by atoms with Crippen LogP contribution in [0.3, 0.4) is 0 Å². The second kappa shape index (κ2) is 6.04. The molecule has 0 aliphatic carbocycles. The van der Waals surface area contributed by atoms with E-state index in [2.05, 4.69) is 49.7 Å². The van der Waals surface area contributed by atoms with Crippen LogP contribution in [-0.4, -0.2) is 16.3 Å². The highest BCUT2D eigenvalue weighted by atomic mass is 15.3. The molecular weight excluding hydrogens is 198 g/mol. The second-order valence-electron chi connectivity index (χ2n) is 4.99. The van der Waals surface area contributed by atoms with Crippen LogP contribution in [0.2, 0.25) is 0 Å². The van der Waals surface area contributed by atoms with Gasteiger partial charge in [-0.05, 0) is 44.2 Å². The number of aromatic nitrogens is 2. The van der Waals surface area contributed by atoms with Crippen molar-refractivity contribution in [2.75, 3.05) is 6.54 Å². The fourth-order valence-electron chi connectivity index (χ4n) is 1.78. The largest absolute Gasteiger partial charge is 0.330 e. The molecule has 1 aromatic heterocycles. The predicted molar refractivity (Wildman–Crippen MR) is 68.3 cm³/mol. The fraction of sp³-hybridized carbons (Fsp3) is 0.769. The van der Waals surface area contributed by atoms with E-state index in [1.165, 1.54) is 5.69 Å². The summed E-state index contributed by atoms with van der Waals surface area (Å²) in [5.74, 6) is 1.17. The van der Waals surface area contributed by atoms with Crippen molar-refractivity contribution in [3.05, 3.63) is 18.0 Å². The first-order chi connectivity index (χ1) is 7.58. The molecule has 0 spiro atoms. The number of hydrogen-bond donors (Lipinski definition) is 1. The van der Waals surface area contributed by atoms with Crippen molar-refractivity contribution in [3.63, 3.8) is 0 Å². The zero-order chi connectivity index (χ0) is 12.1. The minimum Gasteiger partial charge on any atom is -0.330 e. The van der Waals surface area contributed by atoms with E-state index in [-0.39, 0.29) is 0 Å². The van der Waals surface area contributed by atoms with Crippen molar-refractivity contribution in [2.45, 2.75) is 46.6 Å². The van der Waals surface area contributed by atoms with Gasteiger partial charge in [-0.15, -0.1) is 0 Å². The van der Waals surface area contributed by atoms with Crippen LogP contribution in [0, 0.1) is 11.8 Å². The first kappa shape index (κ1) is 13.2. The van der Waals surface area contributed by atoms with Crippen LogP contribution in [0.4, 0.5) is 0 Å². The van der Waals surface area contributed by atoms with Gasteiger partial charge in [0, 0.05) is 12.2 Å². The Morgan fingerprint density at radius 3 is 2.56 bits per heavy atom. The molecule has 0 radical (unpaired) electrons. The molecule has 92 valence electrons. The van der Waals surface area contributed by atoms with Crippen molar-refractivity contribution in [1.29, 1.82) is 0 Å². The smallest absolute Gasteiger partial charge is 0.0628 e. The lowest BCUT2D eigenvalue weighted by Gasteiger charge is -2.17. The maximum atomic E-state index is 5.78. The topological polar surface area (TPSA) is 43.8 Å². The SMILES string of the molecule is CCC(C)n1ccc(CC(CN)C(C)C)n1. The normalized spacial score (nSPS) is 15.4. The van der Waals surface area contributed by atoms with Crippen LogP contribution < -0.4 is 5.73 Å². The Bertz CT molecular complexity index is 304. The van der Waals surface area contributed by atoms with E-state index in [1.54, 1.807) is 0 Å². The Kier molecular flexibility index (Phi) is 5.00. The zero-order valence-electron chi connectivity index (χ0n) is 11.0. The van der Waals surface area contributed by atoms with E-state index in [0.29, 0.717) is 17.9 Å². The summed E-state index contributed by atoms with van der Waals surface area (Å²) >= 11 is 0. The number of nitrogens with two attached hydrogens (primary N) is 1. The molecule has 1 heterocycles. The first-order valence-electron chi connectivity index (χ1n) is 6.32. The number of rotatable bonds is 6. The summed E-state index contributed by atoms with van der Waals surface area (Å²) < 4.78 is 2.06. The maximum Gasteiger partial charge on any atom is 0.0628 e. The lowest BCUT2D eigenvalue weighted by Crippen LogP contribution is -2.22. The Hall–Kier alpha value is -0.830. The average molecular weight is 223 g/mol. The first-order valence-corrected chi connectivity index (χ1v) is 6.32. The summed E-state index contributed by atoms with van der Waals surface area (Å²) in [6.45, 7) is 9.57. The van der Waals surface area contributed by atoms with E-state index in [4.69, 9.17) is 5.73 Å². The van der Waals surface area contributed by atoms with Gasteiger partial charge in [0.05, 0.1) is 5.69 Å². The van der Waals surface area contributed by atoms with Crippen molar-refractivity contribution >= 4 is 0 Å². The van der Waals surface area contributed by atoms with Gasteiger partial charge in [0.15, 0.2) is 0 Å². The van der Waals surface area contributed by atoms with Crippen molar-refractivity contribution in [1.82, 2.24) is 9.78 Å². The molecule has 0 fully saturated rings. The Morgan fingerprint density at radius 1 is 1.38 bits per heavy atom. The van der Waals surface area contributed by atoms with E-state index in [0.717, 1.165) is 19.4 Å². The maximum absolute atomic E-state index is 5.78. The molecule has 0 saturated carbocycles. The summed E-state index contributed by atoms with van der Waals surface area (Å²) in [5.41, 5.74) is 6.95. The monoisotopic (exact) mass is 223 g/mol. The van der Waals surface area contributed by atoms with Crippen LogP contribution in [0.1, 0.15) is 45.9 Å². The third-order valence-corrected chi connectivity index (χ3v) is 3.42. The van der Waals surface area contributed by atoms with Crippen LogP contribution in [0.5, 0.6) is 0 Å². The fourth-order valence-corrected chi connectivity index (χ4v) is 1.78. The molecule has 0 aromatic carbocycles. The van der Waals surface area contributed by atoms with E-state index < -0.39 is 0 Å². The van der Waals surface area contributed by atoms with Crippen molar-refractivity contribution < 1.29 is 0 Å². The molecule has 0 aliphatic heterocycles. The minimum absolute atomic E-state index is 0.490. The molecule has 2 atom stereocenters. The molecule has 0 amide bonds. The highest BCUT2D eigenvalue weighted by Crippen LogP contribution is 2.16. The predicted octanol–water partition coefficient (Wildman–Crippen LogP) is 2.63. The molecule has 3 nitrogen and oxygen atoms in total. The quantitative estimate of drug-likeness (QED) is 0.805. The minimum atomic E-state index is 0.490. The van der Waals surface area contributed by atoms with E-state index >= 15 is 0 Å². The molecule has 1 rings (SSSR count). The summed E-state index contributed by atoms with van der Waals surface area (Å²) in [7, 11) is 0. The standard InChI is InChI=1S/C13H25N3/c1-5-11(4)16-7-6-13(15-16)8-12(9-14)10(2)3/h6-7,10-12H,5,8-9,14H2,1-4H3. The van der Waals surface area contributed by atoms with Gasteiger partial charge in [0.2, 0.25) is 0 Å². The molecule has 1 aromatic rings. The van der Waals surface area contributed by atoms with Crippen LogP contribution in [0.15, 0.2) is 12.3 Å². The summed E-state index contributed by atoms with van der Waals surface area (Å²) in [6.07, 6.45) is 4.20. The van der Waals surface area contributed by atoms with E-state index in [9.17, 15) is 0 Å². The highest BCUT2D eigenvalue weighted by molar-refractivity contribution is 5.01. The summed E-state index contributed by atoms with van der Waals surface area (Å²) in [5, 5.41) is 4.61. The average Bonchev–Trinajstić information content (AvgIpc) is 2.72. The molecule has 2 N–H and O–H groups in total. The lowest BCUT2D eigenvalue weighted by molar-refractivity contribution is 0.384. The lowest BCUT2D eigenvalue weighted by atomic mass is 9.91. The Labute approximate surface area is 99.0 Å². The van der Waals surface area contributed by atoms with Crippen LogP contribution in [0.25, 0.3) is 0 Å². The van der Waals surface area contributed by atoms with Gasteiger partial charge in [-0.3, -0.25) is 4.68 Å². The van der Waals surface area contributed by atoms with Gasteiger partial charge >= 0.3 is 0 Å². The van der Waals surface area contributed by atoms with Gasteiger partial charge < -0.3 is 5.73 Å². The molecule has 0 bridgehead atoms. The highest BCUT2D eigenvalue weighted by Gasteiger charge is 2.14. The van der Waals surface area contributed by atoms with Crippen molar-refractivity contribution in [3.8, 4) is 0 Å². The second-order valence-corrected chi connectivity index (χ2v) is 4.99. The Morgan fingerprint density at radius 2 is 2.06 bits per heavy atom. The number of nitrogens with zero attached hydrogens (tertiary/aromatic N) is 2. The zero-order valence-corrected chi connectivity index (χ0v) is 11.0. The third kappa shape index (κ3) is 3.34. The Balaban J connectivity index is 2.64. The molecule has 2 unspecified atom stereocenters. The molecule has 0 saturated heterocycles. The summed E-state index contributed by atoms with van der Waals surface area (Å²) in [6, 6.07) is 2.61. The van der Waals surface area contributed by atoms with Gasteiger partial charge in [0.1, 0.15) is 0 Å². The van der Waals surface area contributed by atoms with E-state index in [1.807, 2.05) is 0 Å². The molecular formula is C13H25N3. The van der Waals surface area contributed by atoms with Crippen LogP contribution >= 0.6 is 0 Å². The van der Waals surface area contributed by atoms with Gasteiger partial charge in [-0.25, -0.2) is 0 Å². The van der Waals surface area contributed by atoms with Gasteiger partial charge in [0.25, 0.3) is 0 Å². The van der Waals surface area contributed by atoms with Crippen LogP contribution in [-0.2, 0) is 6.42 Å². The third-order valence-electron chi connectivity index (χ3n) is 3.42. The molecule has 0 aliphatic rings. The summed E-state index contributed by atoms with van der Waals surface area (Å²) in [4.78, 5) is 0. The molecule has 3 heteroatoms. The molecule has 16 heavy (non-hydrogen) atoms. The van der Waals surface area contributed by atoms with Gasteiger partial charge in [-0.1, -0.05) is 20.8 Å².